The van der Waals surface area contributed by atoms with E-state index in [0.29, 0.717) is 11.3 Å². The lowest BCUT2D eigenvalue weighted by Crippen LogP contribution is -2.06. The molecule has 2 heterocycles. The molecule has 94 valence electrons. The number of pyridine rings is 1. The van der Waals surface area contributed by atoms with Crippen molar-refractivity contribution < 1.29 is 9.84 Å². The zero-order valence-corrected chi connectivity index (χ0v) is 10.6. The van der Waals surface area contributed by atoms with Crippen LogP contribution in [0.2, 0.25) is 5.15 Å². The van der Waals surface area contributed by atoms with Crippen molar-refractivity contribution in [2.45, 2.75) is 44.3 Å². The number of hydrogen-bond acceptors (Lipinski definition) is 3. The van der Waals surface area contributed by atoms with Gasteiger partial charge < -0.3 is 9.84 Å². The van der Waals surface area contributed by atoms with E-state index >= 15 is 0 Å². The summed E-state index contributed by atoms with van der Waals surface area (Å²) in [5, 5.41) is 10.4. The molecule has 3 nitrogen and oxygen atoms in total. The van der Waals surface area contributed by atoms with E-state index < -0.39 is 6.10 Å². The highest BCUT2D eigenvalue weighted by Gasteiger charge is 2.16. The van der Waals surface area contributed by atoms with Gasteiger partial charge in [0.2, 0.25) is 0 Å². The van der Waals surface area contributed by atoms with Crippen LogP contribution in [0.15, 0.2) is 18.3 Å². The Kier molecular flexibility index (Phi) is 4.77. The molecule has 1 fully saturated rings. The van der Waals surface area contributed by atoms with Gasteiger partial charge in [0.05, 0.1) is 12.2 Å². The minimum atomic E-state index is -0.443. The first kappa shape index (κ1) is 12.8. The number of hydrogen-bond donors (Lipinski definition) is 1. The van der Waals surface area contributed by atoms with Gasteiger partial charge >= 0.3 is 0 Å². The first-order valence-corrected chi connectivity index (χ1v) is 6.54. The van der Waals surface area contributed by atoms with Gasteiger partial charge in [-0.3, -0.25) is 0 Å². The summed E-state index contributed by atoms with van der Waals surface area (Å²) < 4.78 is 5.54. The fourth-order valence-corrected chi connectivity index (χ4v) is 2.27. The molecule has 4 heteroatoms. The van der Waals surface area contributed by atoms with Crippen LogP contribution in [0.1, 0.15) is 43.8 Å². The Hall–Kier alpha value is -0.640. The Balaban J connectivity index is 1.72. The minimum Gasteiger partial charge on any atom is -0.388 e. The van der Waals surface area contributed by atoms with Gasteiger partial charge in [-0.1, -0.05) is 17.7 Å². The van der Waals surface area contributed by atoms with Gasteiger partial charge in [-0.15, -0.1) is 0 Å². The van der Waals surface area contributed by atoms with Gasteiger partial charge in [-0.2, -0.15) is 0 Å². The lowest BCUT2D eigenvalue weighted by Gasteiger charge is -2.12. The van der Waals surface area contributed by atoms with Gasteiger partial charge in [0, 0.05) is 12.8 Å². The predicted molar refractivity (Wildman–Crippen MR) is 67.0 cm³/mol. The quantitative estimate of drug-likeness (QED) is 0.822. The molecule has 0 aliphatic carbocycles. The van der Waals surface area contributed by atoms with Crippen molar-refractivity contribution in [2.24, 2.45) is 0 Å². The van der Waals surface area contributed by atoms with Gasteiger partial charge in [-0.05, 0) is 43.7 Å². The maximum absolute atomic E-state index is 9.96. The van der Waals surface area contributed by atoms with E-state index in [1.165, 1.54) is 12.8 Å². The molecule has 0 aromatic carbocycles. The van der Waals surface area contributed by atoms with Crippen LogP contribution < -0.4 is 0 Å². The SMILES string of the molecule is OC(CCCC1CCCO1)c1ccc(Cl)nc1. The number of nitrogens with zero attached hydrogens (tertiary/aromatic N) is 1. The van der Waals surface area contributed by atoms with Crippen LogP contribution in [0.3, 0.4) is 0 Å². The summed E-state index contributed by atoms with van der Waals surface area (Å²) >= 11 is 5.70. The van der Waals surface area contributed by atoms with E-state index in [1.54, 1.807) is 12.3 Å². The molecule has 1 N–H and O–H groups in total. The Morgan fingerprint density at radius 1 is 1.53 bits per heavy atom. The number of halogens is 1. The van der Waals surface area contributed by atoms with E-state index in [0.717, 1.165) is 31.4 Å². The third-order valence-corrected chi connectivity index (χ3v) is 3.39. The molecular formula is C13H18ClNO2. The summed E-state index contributed by atoms with van der Waals surface area (Å²) in [5.74, 6) is 0. The van der Waals surface area contributed by atoms with Crippen LogP contribution in [0.4, 0.5) is 0 Å². The maximum Gasteiger partial charge on any atom is 0.129 e. The van der Waals surface area contributed by atoms with Crippen molar-refractivity contribution in [3.8, 4) is 0 Å². The topological polar surface area (TPSA) is 42.4 Å². The Labute approximate surface area is 107 Å². The zero-order valence-electron chi connectivity index (χ0n) is 9.81. The average molecular weight is 256 g/mol. The molecule has 0 radical (unpaired) electrons. The molecule has 1 aliphatic rings. The van der Waals surface area contributed by atoms with Gasteiger partial charge in [0.1, 0.15) is 5.15 Å². The van der Waals surface area contributed by atoms with E-state index in [9.17, 15) is 5.11 Å². The number of rotatable bonds is 5. The first-order chi connectivity index (χ1) is 8.25. The monoisotopic (exact) mass is 255 g/mol. The fourth-order valence-electron chi connectivity index (χ4n) is 2.16. The van der Waals surface area contributed by atoms with Crippen molar-refractivity contribution in [2.75, 3.05) is 6.61 Å². The largest absolute Gasteiger partial charge is 0.388 e. The molecule has 1 aliphatic heterocycles. The molecule has 2 atom stereocenters. The van der Waals surface area contributed by atoms with E-state index in [2.05, 4.69) is 4.98 Å². The zero-order chi connectivity index (χ0) is 12.1. The van der Waals surface area contributed by atoms with Crippen molar-refractivity contribution in [1.29, 1.82) is 0 Å². The van der Waals surface area contributed by atoms with Crippen molar-refractivity contribution in [3.63, 3.8) is 0 Å². The van der Waals surface area contributed by atoms with Crippen LogP contribution in [0.5, 0.6) is 0 Å². The number of ether oxygens (including phenoxy) is 1. The fraction of sp³-hybridized carbons (Fsp3) is 0.615. The summed E-state index contributed by atoms with van der Waals surface area (Å²) in [6, 6.07) is 3.53. The molecule has 0 saturated carbocycles. The molecule has 2 rings (SSSR count). The Morgan fingerprint density at radius 3 is 3.06 bits per heavy atom. The highest BCUT2D eigenvalue weighted by Crippen LogP contribution is 2.23. The summed E-state index contributed by atoms with van der Waals surface area (Å²) in [7, 11) is 0. The standard InChI is InChI=1S/C13H18ClNO2/c14-13-7-6-10(9-15-13)12(16)5-1-3-11-4-2-8-17-11/h6-7,9,11-12,16H,1-5,8H2. The van der Waals surface area contributed by atoms with Crippen LogP contribution in [0.25, 0.3) is 0 Å². The lowest BCUT2D eigenvalue weighted by molar-refractivity contribution is 0.0944. The van der Waals surface area contributed by atoms with Crippen molar-refractivity contribution in [1.82, 2.24) is 4.98 Å². The number of aliphatic hydroxyl groups excluding tert-OH is 1. The first-order valence-electron chi connectivity index (χ1n) is 6.17. The molecular weight excluding hydrogens is 238 g/mol. The van der Waals surface area contributed by atoms with Crippen LogP contribution >= 0.6 is 11.6 Å². The van der Waals surface area contributed by atoms with Crippen molar-refractivity contribution in [3.05, 3.63) is 29.0 Å². The molecule has 1 aromatic rings. The summed E-state index contributed by atoms with van der Waals surface area (Å²) in [6.07, 6.45) is 6.72. The second kappa shape index (κ2) is 6.34. The molecule has 1 aromatic heterocycles. The van der Waals surface area contributed by atoms with E-state index in [-0.39, 0.29) is 0 Å². The Morgan fingerprint density at radius 2 is 2.41 bits per heavy atom. The molecule has 1 saturated heterocycles. The highest BCUT2D eigenvalue weighted by molar-refractivity contribution is 6.29. The summed E-state index contributed by atoms with van der Waals surface area (Å²) in [4.78, 5) is 3.97. The van der Waals surface area contributed by atoms with Crippen LogP contribution in [0, 0.1) is 0 Å². The van der Waals surface area contributed by atoms with Gasteiger partial charge in [-0.25, -0.2) is 4.98 Å². The summed E-state index contributed by atoms with van der Waals surface area (Å²) in [6.45, 7) is 0.897. The van der Waals surface area contributed by atoms with Crippen molar-refractivity contribution >= 4 is 11.6 Å². The predicted octanol–water partition coefficient (Wildman–Crippen LogP) is 3.12. The smallest absolute Gasteiger partial charge is 0.129 e. The average Bonchev–Trinajstić information content (AvgIpc) is 2.83. The minimum absolute atomic E-state index is 0.408. The van der Waals surface area contributed by atoms with E-state index in [4.69, 9.17) is 16.3 Å². The lowest BCUT2D eigenvalue weighted by atomic mass is 10.0. The molecule has 2 unspecified atom stereocenters. The molecule has 17 heavy (non-hydrogen) atoms. The van der Waals surface area contributed by atoms with Crippen LogP contribution in [-0.4, -0.2) is 22.8 Å². The molecule has 0 bridgehead atoms. The molecule has 0 amide bonds. The van der Waals surface area contributed by atoms with Gasteiger partial charge in [0.15, 0.2) is 0 Å². The number of aliphatic hydroxyl groups is 1. The second-order valence-electron chi connectivity index (χ2n) is 4.50. The normalized spacial score (nSPS) is 21.6. The number of aromatic nitrogens is 1. The summed E-state index contributed by atoms with van der Waals surface area (Å²) in [5.41, 5.74) is 0.835. The van der Waals surface area contributed by atoms with Gasteiger partial charge in [0.25, 0.3) is 0 Å². The third-order valence-electron chi connectivity index (χ3n) is 3.16. The molecule has 0 spiro atoms. The Bertz CT molecular complexity index is 336. The third kappa shape index (κ3) is 3.95. The van der Waals surface area contributed by atoms with E-state index in [1.807, 2.05) is 6.07 Å². The highest BCUT2D eigenvalue weighted by atomic mass is 35.5. The van der Waals surface area contributed by atoms with Crippen LogP contribution in [-0.2, 0) is 4.74 Å². The maximum atomic E-state index is 9.96. The second-order valence-corrected chi connectivity index (χ2v) is 4.88.